The van der Waals surface area contributed by atoms with Crippen molar-refractivity contribution in [1.82, 2.24) is 19.7 Å². The first-order chi connectivity index (χ1) is 9.59. The first-order valence-electron chi connectivity index (χ1n) is 6.85. The number of carbonyl (C=O) groups excluding carboxylic acids is 1. The SMILES string of the molecule is CC(C)c1nnc2n1CCN(C(=O)c1ccoc1)C2C. The summed E-state index contributed by atoms with van der Waals surface area (Å²) in [5.41, 5.74) is 0.578. The lowest BCUT2D eigenvalue weighted by Crippen LogP contribution is -2.41. The van der Waals surface area contributed by atoms with Gasteiger partial charge < -0.3 is 13.9 Å². The van der Waals surface area contributed by atoms with Gasteiger partial charge in [-0.2, -0.15) is 0 Å². The van der Waals surface area contributed by atoms with Gasteiger partial charge in [0.25, 0.3) is 5.91 Å². The van der Waals surface area contributed by atoms with Crippen molar-refractivity contribution >= 4 is 5.91 Å². The summed E-state index contributed by atoms with van der Waals surface area (Å²) in [6.07, 6.45) is 3.00. The summed E-state index contributed by atoms with van der Waals surface area (Å²) in [5, 5.41) is 8.53. The third-order valence-corrected chi connectivity index (χ3v) is 3.76. The maximum absolute atomic E-state index is 12.4. The van der Waals surface area contributed by atoms with E-state index in [2.05, 4.69) is 28.6 Å². The molecule has 3 rings (SSSR count). The molecule has 6 nitrogen and oxygen atoms in total. The molecule has 2 aromatic rings. The van der Waals surface area contributed by atoms with E-state index < -0.39 is 0 Å². The summed E-state index contributed by atoms with van der Waals surface area (Å²) in [6.45, 7) is 7.59. The largest absolute Gasteiger partial charge is 0.472 e. The second kappa shape index (κ2) is 4.77. The van der Waals surface area contributed by atoms with Crippen LogP contribution in [0.15, 0.2) is 23.0 Å². The lowest BCUT2D eigenvalue weighted by molar-refractivity contribution is 0.0635. The van der Waals surface area contributed by atoms with Crippen LogP contribution in [0.1, 0.15) is 54.7 Å². The van der Waals surface area contributed by atoms with Crippen LogP contribution in [0.4, 0.5) is 0 Å². The van der Waals surface area contributed by atoms with Gasteiger partial charge in [-0.05, 0) is 13.0 Å². The molecule has 0 saturated heterocycles. The lowest BCUT2D eigenvalue weighted by Gasteiger charge is -2.33. The summed E-state index contributed by atoms with van der Waals surface area (Å²) < 4.78 is 7.12. The average molecular weight is 274 g/mol. The van der Waals surface area contributed by atoms with Crippen LogP contribution in [0.2, 0.25) is 0 Å². The van der Waals surface area contributed by atoms with Crippen LogP contribution in [-0.2, 0) is 6.54 Å². The average Bonchev–Trinajstić information content (AvgIpc) is 3.08. The molecule has 0 N–H and O–H groups in total. The number of furan rings is 1. The van der Waals surface area contributed by atoms with Gasteiger partial charge in [0.1, 0.15) is 12.1 Å². The molecule has 0 radical (unpaired) electrons. The van der Waals surface area contributed by atoms with Gasteiger partial charge in [0.2, 0.25) is 0 Å². The minimum absolute atomic E-state index is 0.0217. The molecule has 2 aromatic heterocycles. The molecule has 1 amide bonds. The summed E-state index contributed by atoms with van der Waals surface area (Å²) >= 11 is 0. The molecule has 0 aliphatic carbocycles. The third kappa shape index (κ3) is 1.92. The second-order valence-corrected chi connectivity index (χ2v) is 5.41. The number of amides is 1. The Morgan fingerprint density at radius 1 is 1.40 bits per heavy atom. The molecule has 20 heavy (non-hydrogen) atoms. The van der Waals surface area contributed by atoms with Gasteiger partial charge in [0.15, 0.2) is 5.82 Å². The highest BCUT2D eigenvalue weighted by Gasteiger charge is 2.32. The fourth-order valence-corrected chi connectivity index (χ4v) is 2.66. The van der Waals surface area contributed by atoms with E-state index in [0.717, 1.165) is 18.2 Å². The van der Waals surface area contributed by atoms with Gasteiger partial charge in [0, 0.05) is 19.0 Å². The molecule has 3 heterocycles. The number of nitrogens with zero attached hydrogens (tertiary/aromatic N) is 4. The Balaban J connectivity index is 1.90. The Labute approximate surface area is 117 Å². The highest BCUT2D eigenvalue weighted by Crippen LogP contribution is 2.27. The number of carbonyl (C=O) groups is 1. The van der Waals surface area contributed by atoms with E-state index in [4.69, 9.17) is 4.42 Å². The summed E-state index contributed by atoms with van der Waals surface area (Å²) in [4.78, 5) is 14.2. The van der Waals surface area contributed by atoms with Gasteiger partial charge in [-0.15, -0.1) is 10.2 Å². The molecular weight excluding hydrogens is 256 g/mol. The maximum atomic E-state index is 12.4. The fourth-order valence-electron chi connectivity index (χ4n) is 2.66. The molecule has 0 saturated carbocycles. The molecule has 6 heteroatoms. The number of hydrogen-bond donors (Lipinski definition) is 0. The highest BCUT2D eigenvalue weighted by molar-refractivity contribution is 5.94. The van der Waals surface area contributed by atoms with Gasteiger partial charge in [0.05, 0.1) is 17.9 Å². The molecule has 1 aliphatic heterocycles. The Morgan fingerprint density at radius 3 is 2.85 bits per heavy atom. The van der Waals surface area contributed by atoms with Crippen molar-refractivity contribution in [3.63, 3.8) is 0 Å². The molecule has 106 valence electrons. The zero-order valence-electron chi connectivity index (χ0n) is 11.9. The molecule has 1 aliphatic rings. The normalized spacial score (nSPS) is 18.4. The Kier molecular flexibility index (Phi) is 3.08. The Morgan fingerprint density at radius 2 is 2.20 bits per heavy atom. The zero-order chi connectivity index (χ0) is 14.3. The third-order valence-electron chi connectivity index (χ3n) is 3.76. The van der Waals surface area contributed by atoms with E-state index in [0.29, 0.717) is 18.0 Å². The molecule has 0 aromatic carbocycles. The molecule has 0 spiro atoms. The van der Waals surface area contributed by atoms with Crippen LogP contribution in [0.25, 0.3) is 0 Å². The van der Waals surface area contributed by atoms with Crippen LogP contribution >= 0.6 is 0 Å². The van der Waals surface area contributed by atoms with E-state index in [-0.39, 0.29) is 11.9 Å². The predicted octanol–water partition coefficient (Wildman–Crippen LogP) is 2.21. The Hall–Kier alpha value is -2.11. The van der Waals surface area contributed by atoms with Crippen LogP contribution < -0.4 is 0 Å². The predicted molar refractivity (Wildman–Crippen MR) is 72.3 cm³/mol. The van der Waals surface area contributed by atoms with Crippen molar-refractivity contribution in [3.8, 4) is 0 Å². The highest BCUT2D eigenvalue weighted by atomic mass is 16.3. The molecule has 1 atom stereocenters. The standard InChI is InChI=1S/C14H18N4O2/c1-9(2)12-15-16-13-10(3)17(5-6-18(12)13)14(19)11-4-7-20-8-11/h4,7-10H,5-6H2,1-3H3. The molecule has 1 unspecified atom stereocenters. The van der Waals surface area contributed by atoms with Crippen molar-refractivity contribution < 1.29 is 9.21 Å². The van der Waals surface area contributed by atoms with Gasteiger partial charge >= 0.3 is 0 Å². The minimum Gasteiger partial charge on any atom is -0.472 e. The number of hydrogen-bond acceptors (Lipinski definition) is 4. The van der Waals surface area contributed by atoms with Crippen molar-refractivity contribution in [3.05, 3.63) is 35.8 Å². The number of aromatic nitrogens is 3. The number of fused-ring (bicyclic) bond motifs is 1. The van der Waals surface area contributed by atoms with E-state index in [1.807, 2.05) is 11.8 Å². The van der Waals surface area contributed by atoms with Gasteiger partial charge in [-0.1, -0.05) is 13.8 Å². The summed E-state index contributed by atoms with van der Waals surface area (Å²) in [5.74, 6) is 2.16. The maximum Gasteiger partial charge on any atom is 0.257 e. The molecule has 0 bridgehead atoms. The number of rotatable bonds is 2. The monoisotopic (exact) mass is 274 g/mol. The van der Waals surface area contributed by atoms with Crippen molar-refractivity contribution in [1.29, 1.82) is 0 Å². The van der Waals surface area contributed by atoms with Crippen LogP contribution in [0.5, 0.6) is 0 Å². The summed E-state index contributed by atoms with van der Waals surface area (Å²) in [7, 11) is 0. The van der Waals surface area contributed by atoms with Crippen LogP contribution in [0, 0.1) is 0 Å². The van der Waals surface area contributed by atoms with Crippen molar-refractivity contribution in [2.75, 3.05) is 6.54 Å². The van der Waals surface area contributed by atoms with Crippen molar-refractivity contribution in [2.24, 2.45) is 0 Å². The second-order valence-electron chi connectivity index (χ2n) is 5.41. The van der Waals surface area contributed by atoms with E-state index >= 15 is 0 Å². The quantitative estimate of drug-likeness (QED) is 0.842. The zero-order valence-corrected chi connectivity index (χ0v) is 11.9. The first-order valence-corrected chi connectivity index (χ1v) is 6.85. The van der Waals surface area contributed by atoms with E-state index in [9.17, 15) is 4.79 Å². The molecular formula is C14H18N4O2. The Bertz CT molecular complexity index is 615. The topological polar surface area (TPSA) is 64.2 Å². The summed E-state index contributed by atoms with van der Waals surface area (Å²) in [6, 6.07) is 1.61. The van der Waals surface area contributed by atoms with Gasteiger partial charge in [-0.3, -0.25) is 4.79 Å². The minimum atomic E-state index is -0.0776. The molecule has 0 fully saturated rings. The van der Waals surface area contributed by atoms with Gasteiger partial charge in [-0.25, -0.2) is 0 Å². The van der Waals surface area contributed by atoms with E-state index in [1.165, 1.54) is 12.5 Å². The van der Waals surface area contributed by atoms with Crippen LogP contribution in [-0.4, -0.2) is 32.1 Å². The van der Waals surface area contributed by atoms with Crippen LogP contribution in [0.3, 0.4) is 0 Å². The smallest absolute Gasteiger partial charge is 0.257 e. The first kappa shape index (κ1) is 12.9. The lowest BCUT2D eigenvalue weighted by atomic mass is 10.1. The fraction of sp³-hybridized carbons (Fsp3) is 0.500. The van der Waals surface area contributed by atoms with Crippen molar-refractivity contribution in [2.45, 2.75) is 39.3 Å². The van der Waals surface area contributed by atoms with E-state index in [1.54, 1.807) is 6.07 Å².